The van der Waals surface area contributed by atoms with E-state index in [4.69, 9.17) is 4.42 Å². The Balaban J connectivity index is 1.66. The predicted octanol–water partition coefficient (Wildman–Crippen LogP) is 2.00. The molecule has 1 N–H and O–H groups in total. The topological polar surface area (TPSA) is 77.1 Å². The summed E-state index contributed by atoms with van der Waals surface area (Å²) in [6.07, 6.45) is 3.26. The highest BCUT2D eigenvalue weighted by Gasteiger charge is 2.08. The number of carbonyl (C=O) groups is 1. The number of hydrogen-bond donors (Lipinski definition) is 1. The molecule has 23 heavy (non-hydrogen) atoms. The molecular formula is C17H17N3O3. The summed E-state index contributed by atoms with van der Waals surface area (Å²) in [5, 5.41) is 3.33. The molecule has 0 radical (unpaired) electrons. The van der Waals surface area contributed by atoms with Crippen molar-refractivity contribution in [2.24, 2.45) is 0 Å². The highest BCUT2D eigenvalue weighted by Crippen LogP contribution is 2.11. The van der Waals surface area contributed by atoms with Crippen LogP contribution in [0.25, 0.3) is 10.9 Å². The lowest BCUT2D eigenvalue weighted by Gasteiger charge is -2.08. The minimum absolute atomic E-state index is 0.127. The van der Waals surface area contributed by atoms with Crippen LogP contribution in [-0.4, -0.2) is 15.5 Å². The van der Waals surface area contributed by atoms with E-state index in [1.807, 2.05) is 19.1 Å². The van der Waals surface area contributed by atoms with E-state index in [2.05, 4.69) is 10.3 Å². The van der Waals surface area contributed by atoms with Crippen molar-refractivity contribution in [2.45, 2.75) is 26.4 Å². The molecule has 1 amide bonds. The van der Waals surface area contributed by atoms with Gasteiger partial charge in [0.15, 0.2) is 0 Å². The Kier molecular flexibility index (Phi) is 4.23. The second-order valence-electron chi connectivity index (χ2n) is 5.32. The lowest BCUT2D eigenvalue weighted by molar-refractivity contribution is -0.121. The van der Waals surface area contributed by atoms with E-state index in [-0.39, 0.29) is 17.9 Å². The Labute approximate surface area is 132 Å². The lowest BCUT2D eigenvalue weighted by Crippen LogP contribution is -2.27. The SMILES string of the molecule is Cc1cccc2c(=O)n(CCC(=O)NCc3ccco3)cnc12. The van der Waals surface area contributed by atoms with Gasteiger partial charge in [0.25, 0.3) is 5.56 Å². The molecule has 0 aliphatic heterocycles. The van der Waals surface area contributed by atoms with E-state index >= 15 is 0 Å². The van der Waals surface area contributed by atoms with Gasteiger partial charge < -0.3 is 9.73 Å². The number of furan rings is 1. The zero-order valence-electron chi connectivity index (χ0n) is 12.8. The molecule has 2 heterocycles. The first kappa shape index (κ1) is 15.0. The minimum Gasteiger partial charge on any atom is -0.467 e. The molecule has 1 aromatic carbocycles. The second-order valence-corrected chi connectivity index (χ2v) is 5.32. The van der Waals surface area contributed by atoms with E-state index in [1.54, 1.807) is 24.5 Å². The maximum atomic E-state index is 12.4. The van der Waals surface area contributed by atoms with Crippen LogP contribution in [0.3, 0.4) is 0 Å². The number of rotatable bonds is 5. The Morgan fingerprint density at radius 1 is 1.30 bits per heavy atom. The molecule has 0 saturated heterocycles. The predicted molar refractivity (Wildman–Crippen MR) is 85.9 cm³/mol. The van der Waals surface area contributed by atoms with Gasteiger partial charge in [0.1, 0.15) is 5.76 Å². The Hall–Kier alpha value is -2.89. The van der Waals surface area contributed by atoms with Crippen LogP contribution in [0, 0.1) is 6.92 Å². The van der Waals surface area contributed by atoms with Gasteiger partial charge in [-0.15, -0.1) is 0 Å². The lowest BCUT2D eigenvalue weighted by atomic mass is 10.1. The number of hydrogen-bond acceptors (Lipinski definition) is 4. The maximum Gasteiger partial charge on any atom is 0.261 e. The molecule has 2 aromatic heterocycles. The summed E-state index contributed by atoms with van der Waals surface area (Å²) in [4.78, 5) is 28.6. The van der Waals surface area contributed by atoms with Crippen LogP contribution in [0.15, 0.2) is 52.1 Å². The van der Waals surface area contributed by atoms with Crippen molar-refractivity contribution in [2.75, 3.05) is 0 Å². The van der Waals surface area contributed by atoms with Crippen LogP contribution in [-0.2, 0) is 17.9 Å². The molecular weight excluding hydrogens is 294 g/mol. The standard InChI is InChI=1S/C17H17N3O3/c1-12-4-2-6-14-16(12)19-11-20(17(14)22)8-7-15(21)18-10-13-5-3-9-23-13/h2-6,9,11H,7-8,10H2,1H3,(H,18,21). The average molecular weight is 311 g/mol. The Bertz CT molecular complexity index is 882. The first-order valence-corrected chi connectivity index (χ1v) is 7.39. The van der Waals surface area contributed by atoms with Crippen molar-refractivity contribution < 1.29 is 9.21 Å². The molecule has 0 aliphatic rings. The fourth-order valence-electron chi connectivity index (χ4n) is 2.41. The number of amides is 1. The maximum absolute atomic E-state index is 12.4. The summed E-state index contributed by atoms with van der Waals surface area (Å²) >= 11 is 0. The van der Waals surface area contributed by atoms with Gasteiger partial charge in [0.2, 0.25) is 5.91 Å². The quantitative estimate of drug-likeness (QED) is 0.782. The van der Waals surface area contributed by atoms with Gasteiger partial charge in [-0.25, -0.2) is 4.98 Å². The number of nitrogens with zero attached hydrogens (tertiary/aromatic N) is 2. The monoisotopic (exact) mass is 311 g/mol. The van der Waals surface area contributed by atoms with Gasteiger partial charge in [-0.3, -0.25) is 14.2 Å². The Morgan fingerprint density at radius 2 is 2.17 bits per heavy atom. The van der Waals surface area contributed by atoms with Crippen LogP contribution in [0.5, 0.6) is 0 Å². The molecule has 6 heteroatoms. The third kappa shape index (κ3) is 3.31. The van der Waals surface area contributed by atoms with Crippen LogP contribution in [0.1, 0.15) is 17.7 Å². The third-order valence-corrected chi connectivity index (χ3v) is 3.67. The molecule has 3 aromatic rings. The summed E-state index contributed by atoms with van der Waals surface area (Å²) in [5.41, 5.74) is 1.54. The van der Waals surface area contributed by atoms with Crippen LogP contribution in [0.2, 0.25) is 0 Å². The molecule has 118 valence electrons. The van der Waals surface area contributed by atoms with E-state index in [9.17, 15) is 9.59 Å². The molecule has 0 aliphatic carbocycles. The van der Waals surface area contributed by atoms with E-state index in [1.165, 1.54) is 10.9 Å². The van der Waals surface area contributed by atoms with Crippen molar-refractivity contribution in [3.8, 4) is 0 Å². The smallest absolute Gasteiger partial charge is 0.261 e. The number of aromatic nitrogens is 2. The molecule has 0 fully saturated rings. The van der Waals surface area contributed by atoms with Crippen molar-refractivity contribution in [1.29, 1.82) is 0 Å². The Morgan fingerprint density at radius 3 is 2.96 bits per heavy atom. The van der Waals surface area contributed by atoms with Gasteiger partial charge in [-0.1, -0.05) is 12.1 Å². The molecule has 0 atom stereocenters. The fraction of sp³-hybridized carbons (Fsp3) is 0.235. The average Bonchev–Trinajstić information content (AvgIpc) is 3.06. The highest BCUT2D eigenvalue weighted by molar-refractivity contribution is 5.80. The van der Waals surface area contributed by atoms with E-state index in [0.29, 0.717) is 29.8 Å². The zero-order valence-corrected chi connectivity index (χ0v) is 12.8. The molecule has 6 nitrogen and oxygen atoms in total. The van der Waals surface area contributed by atoms with E-state index < -0.39 is 0 Å². The second kappa shape index (κ2) is 6.48. The van der Waals surface area contributed by atoms with Crippen LogP contribution < -0.4 is 10.9 Å². The van der Waals surface area contributed by atoms with Crippen molar-refractivity contribution in [3.05, 3.63) is 64.6 Å². The number of benzene rings is 1. The van der Waals surface area contributed by atoms with Crippen LogP contribution >= 0.6 is 0 Å². The number of nitrogens with one attached hydrogen (secondary N) is 1. The summed E-state index contributed by atoms with van der Waals surface area (Å²) < 4.78 is 6.61. The zero-order chi connectivity index (χ0) is 16.2. The number of aryl methyl sites for hydroxylation is 2. The largest absolute Gasteiger partial charge is 0.467 e. The molecule has 3 rings (SSSR count). The van der Waals surface area contributed by atoms with Gasteiger partial charge in [-0.05, 0) is 30.7 Å². The fourth-order valence-corrected chi connectivity index (χ4v) is 2.41. The number of fused-ring (bicyclic) bond motifs is 1. The number of para-hydroxylation sites is 1. The summed E-state index contributed by atoms with van der Waals surface area (Å²) in [7, 11) is 0. The minimum atomic E-state index is -0.141. The van der Waals surface area contributed by atoms with Gasteiger partial charge >= 0.3 is 0 Å². The van der Waals surface area contributed by atoms with Crippen molar-refractivity contribution in [1.82, 2.24) is 14.9 Å². The highest BCUT2D eigenvalue weighted by atomic mass is 16.3. The van der Waals surface area contributed by atoms with Crippen molar-refractivity contribution in [3.63, 3.8) is 0 Å². The molecule has 0 spiro atoms. The summed E-state index contributed by atoms with van der Waals surface area (Å²) in [6, 6.07) is 9.07. The van der Waals surface area contributed by atoms with Crippen LogP contribution in [0.4, 0.5) is 0 Å². The molecule has 0 unspecified atom stereocenters. The van der Waals surface area contributed by atoms with Crippen molar-refractivity contribution >= 4 is 16.8 Å². The third-order valence-electron chi connectivity index (χ3n) is 3.67. The summed E-state index contributed by atoms with van der Waals surface area (Å²) in [6.45, 7) is 2.55. The number of carbonyl (C=O) groups excluding carboxylic acids is 1. The normalized spacial score (nSPS) is 10.8. The van der Waals surface area contributed by atoms with Gasteiger partial charge in [0, 0.05) is 13.0 Å². The first-order chi connectivity index (χ1) is 11.1. The van der Waals surface area contributed by atoms with E-state index in [0.717, 1.165) is 5.56 Å². The summed E-state index contributed by atoms with van der Waals surface area (Å²) in [5.74, 6) is 0.552. The first-order valence-electron chi connectivity index (χ1n) is 7.39. The molecule has 0 bridgehead atoms. The van der Waals surface area contributed by atoms with Gasteiger partial charge in [-0.2, -0.15) is 0 Å². The molecule has 0 saturated carbocycles. The van der Waals surface area contributed by atoms with Gasteiger partial charge in [0.05, 0.1) is 30.0 Å².